The van der Waals surface area contributed by atoms with E-state index in [9.17, 15) is 4.79 Å². The summed E-state index contributed by atoms with van der Waals surface area (Å²) in [5.41, 5.74) is 0. The SMILES string of the molecule is CCOC(C)C(=O)N1C2CCNCC1CC2.Cl. The van der Waals surface area contributed by atoms with E-state index in [1.807, 2.05) is 13.8 Å². The third-order valence-electron chi connectivity index (χ3n) is 3.67. The summed E-state index contributed by atoms with van der Waals surface area (Å²) in [4.78, 5) is 14.4. The molecule has 2 heterocycles. The molecule has 5 heteroatoms. The fourth-order valence-electron chi connectivity index (χ4n) is 2.87. The van der Waals surface area contributed by atoms with E-state index in [0.29, 0.717) is 18.7 Å². The zero-order chi connectivity index (χ0) is 11.5. The van der Waals surface area contributed by atoms with E-state index in [0.717, 1.165) is 32.4 Å². The van der Waals surface area contributed by atoms with Crippen molar-refractivity contribution in [3.63, 3.8) is 0 Å². The Bertz CT molecular complexity index is 249. The van der Waals surface area contributed by atoms with E-state index < -0.39 is 0 Å². The second kappa shape index (κ2) is 6.57. The van der Waals surface area contributed by atoms with Gasteiger partial charge in [0.25, 0.3) is 5.91 Å². The van der Waals surface area contributed by atoms with Gasteiger partial charge in [-0.05, 0) is 39.7 Å². The molecule has 0 aliphatic carbocycles. The summed E-state index contributed by atoms with van der Waals surface area (Å²) >= 11 is 0. The van der Waals surface area contributed by atoms with Crippen LogP contribution in [0.4, 0.5) is 0 Å². The Hall–Kier alpha value is -0.320. The molecule has 0 radical (unpaired) electrons. The van der Waals surface area contributed by atoms with Gasteiger partial charge in [0.05, 0.1) is 0 Å². The molecule has 2 bridgehead atoms. The lowest BCUT2D eigenvalue weighted by Gasteiger charge is -2.30. The van der Waals surface area contributed by atoms with E-state index in [-0.39, 0.29) is 24.4 Å². The molecule has 100 valence electrons. The van der Waals surface area contributed by atoms with Crippen LogP contribution < -0.4 is 5.32 Å². The van der Waals surface area contributed by atoms with Crippen LogP contribution in [0.3, 0.4) is 0 Å². The molecule has 2 fully saturated rings. The van der Waals surface area contributed by atoms with Gasteiger partial charge < -0.3 is 15.0 Å². The molecule has 2 aliphatic heterocycles. The molecule has 2 rings (SSSR count). The standard InChI is InChI=1S/C12H22N2O2.ClH/c1-3-16-9(2)12(15)14-10-4-5-11(14)8-13-7-6-10;/h9-11,13H,3-8H2,1-2H3;1H. The van der Waals surface area contributed by atoms with Gasteiger partial charge in [-0.15, -0.1) is 12.4 Å². The minimum Gasteiger partial charge on any atom is -0.369 e. The monoisotopic (exact) mass is 262 g/mol. The van der Waals surface area contributed by atoms with Crippen LogP contribution >= 0.6 is 12.4 Å². The molecule has 2 saturated heterocycles. The summed E-state index contributed by atoms with van der Waals surface area (Å²) < 4.78 is 5.41. The molecular weight excluding hydrogens is 240 g/mol. The van der Waals surface area contributed by atoms with Crippen molar-refractivity contribution in [2.45, 2.75) is 51.3 Å². The van der Waals surface area contributed by atoms with Crippen molar-refractivity contribution in [2.75, 3.05) is 19.7 Å². The first-order valence-electron chi connectivity index (χ1n) is 6.38. The molecular formula is C12H23ClN2O2. The molecule has 0 aromatic rings. The van der Waals surface area contributed by atoms with Crippen LogP contribution in [0.15, 0.2) is 0 Å². The van der Waals surface area contributed by atoms with Gasteiger partial charge in [0.1, 0.15) is 6.10 Å². The fraction of sp³-hybridized carbons (Fsp3) is 0.917. The molecule has 0 aromatic heterocycles. The number of ether oxygens (including phenoxy) is 1. The summed E-state index contributed by atoms with van der Waals surface area (Å²) in [5.74, 6) is 0.179. The molecule has 4 nitrogen and oxygen atoms in total. The van der Waals surface area contributed by atoms with Crippen molar-refractivity contribution < 1.29 is 9.53 Å². The first kappa shape index (κ1) is 14.7. The van der Waals surface area contributed by atoms with Crippen molar-refractivity contribution in [1.82, 2.24) is 10.2 Å². The van der Waals surface area contributed by atoms with E-state index >= 15 is 0 Å². The number of amides is 1. The quantitative estimate of drug-likeness (QED) is 0.831. The number of fused-ring (bicyclic) bond motifs is 2. The first-order valence-corrected chi connectivity index (χ1v) is 6.38. The fourth-order valence-corrected chi connectivity index (χ4v) is 2.87. The van der Waals surface area contributed by atoms with E-state index in [2.05, 4.69) is 10.2 Å². The molecule has 3 unspecified atom stereocenters. The lowest BCUT2D eigenvalue weighted by atomic mass is 10.1. The van der Waals surface area contributed by atoms with Crippen LogP contribution in [-0.2, 0) is 9.53 Å². The summed E-state index contributed by atoms with van der Waals surface area (Å²) in [5, 5.41) is 3.40. The van der Waals surface area contributed by atoms with Gasteiger partial charge in [-0.25, -0.2) is 0 Å². The van der Waals surface area contributed by atoms with Crippen molar-refractivity contribution in [2.24, 2.45) is 0 Å². The first-order chi connectivity index (χ1) is 7.74. The van der Waals surface area contributed by atoms with E-state index in [1.165, 1.54) is 0 Å². The number of nitrogens with zero attached hydrogens (tertiary/aromatic N) is 1. The average Bonchev–Trinajstić information content (AvgIpc) is 2.51. The van der Waals surface area contributed by atoms with E-state index in [4.69, 9.17) is 4.74 Å². The Morgan fingerprint density at radius 2 is 2.12 bits per heavy atom. The molecule has 1 amide bonds. The van der Waals surface area contributed by atoms with Crippen LogP contribution in [0.1, 0.15) is 33.1 Å². The maximum atomic E-state index is 12.3. The molecule has 0 spiro atoms. The van der Waals surface area contributed by atoms with Crippen molar-refractivity contribution in [3.8, 4) is 0 Å². The topological polar surface area (TPSA) is 41.6 Å². The van der Waals surface area contributed by atoms with Crippen LogP contribution in [0.2, 0.25) is 0 Å². The highest BCUT2D eigenvalue weighted by molar-refractivity contribution is 5.85. The average molecular weight is 263 g/mol. The zero-order valence-corrected chi connectivity index (χ0v) is 11.5. The molecule has 2 aliphatic rings. The third kappa shape index (κ3) is 3.12. The zero-order valence-electron chi connectivity index (χ0n) is 10.6. The Balaban J connectivity index is 0.00000144. The lowest BCUT2D eigenvalue weighted by Crippen LogP contribution is -2.47. The van der Waals surface area contributed by atoms with Gasteiger partial charge in [-0.3, -0.25) is 4.79 Å². The van der Waals surface area contributed by atoms with Gasteiger partial charge in [0, 0.05) is 25.2 Å². The molecule has 0 saturated carbocycles. The van der Waals surface area contributed by atoms with Gasteiger partial charge in [0.15, 0.2) is 0 Å². The highest BCUT2D eigenvalue weighted by Gasteiger charge is 2.39. The molecule has 3 atom stereocenters. The summed E-state index contributed by atoms with van der Waals surface area (Å²) in [6.07, 6.45) is 3.10. The van der Waals surface area contributed by atoms with Crippen LogP contribution in [0.25, 0.3) is 0 Å². The largest absolute Gasteiger partial charge is 0.369 e. The van der Waals surface area contributed by atoms with Gasteiger partial charge >= 0.3 is 0 Å². The predicted octanol–water partition coefficient (Wildman–Crippen LogP) is 1.19. The Kier molecular flexibility index (Phi) is 5.70. The van der Waals surface area contributed by atoms with Crippen LogP contribution in [-0.4, -0.2) is 48.7 Å². The molecule has 1 N–H and O–H groups in total. The second-order valence-electron chi connectivity index (χ2n) is 4.72. The number of rotatable bonds is 3. The maximum Gasteiger partial charge on any atom is 0.251 e. The maximum absolute atomic E-state index is 12.3. The van der Waals surface area contributed by atoms with Crippen LogP contribution in [0, 0.1) is 0 Å². The third-order valence-corrected chi connectivity index (χ3v) is 3.67. The van der Waals surface area contributed by atoms with Gasteiger partial charge in [0.2, 0.25) is 0 Å². The summed E-state index contributed by atoms with van der Waals surface area (Å²) in [6.45, 7) is 6.38. The summed E-state index contributed by atoms with van der Waals surface area (Å²) in [7, 11) is 0. The van der Waals surface area contributed by atoms with Crippen LogP contribution in [0.5, 0.6) is 0 Å². The predicted molar refractivity (Wildman–Crippen MR) is 69.5 cm³/mol. The minimum atomic E-state index is -0.286. The number of nitrogens with one attached hydrogen (secondary N) is 1. The number of hydrogen-bond acceptors (Lipinski definition) is 3. The normalized spacial score (nSPS) is 29.4. The van der Waals surface area contributed by atoms with Gasteiger partial charge in [-0.1, -0.05) is 0 Å². The Labute approximate surface area is 109 Å². The highest BCUT2D eigenvalue weighted by Crippen LogP contribution is 2.28. The second-order valence-corrected chi connectivity index (χ2v) is 4.72. The molecule has 0 aromatic carbocycles. The number of hydrogen-bond donors (Lipinski definition) is 1. The Morgan fingerprint density at radius 3 is 2.82 bits per heavy atom. The van der Waals surface area contributed by atoms with Gasteiger partial charge in [-0.2, -0.15) is 0 Å². The number of carbonyl (C=O) groups is 1. The van der Waals surface area contributed by atoms with Crippen molar-refractivity contribution >= 4 is 18.3 Å². The highest BCUT2D eigenvalue weighted by atomic mass is 35.5. The Morgan fingerprint density at radius 1 is 1.41 bits per heavy atom. The van der Waals surface area contributed by atoms with Crippen molar-refractivity contribution in [1.29, 1.82) is 0 Å². The minimum absolute atomic E-state index is 0. The van der Waals surface area contributed by atoms with Crippen molar-refractivity contribution in [3.05, 3.63) is 0 Å². The smallest absolute Gasteiger partial charge is 0.251 e. The lowest BCUT2D eigenvalue weighted by molar-refractivity contribution is -0.145. The summed E-state index contributed by atoms with van der Waals surface area (Å²) in [6, 6.07) is 0.832. The molecule has 17 heavy (non-hydrogen) atoms. The van der Waals surface area contributed by atoms with E-state index in [1.54, 1.807) is 0 Å². The number of carbonyl (C=O) groups excluding carboxylic acids is 1. The number of halogens is 1.